The Labute approximate surface area is 94.7 Å². The van der Waals surface area contributed by atoms with Crippen LogP contribution in [0.25, 0.3) is 0 Å². The molecule has 3 nitrogen and oxygen atoms in total. The van der Waals surface area contributed by atoms with Crippen molar-refractivity contribution < 1.29 is 9.09 Å². The van der Waals surface area contributed by atoms with Crippen LogP contribution in [-0.4, -0.2) is 30.5 Å². The van der Waals surface area contributed by atoms with Crippen LogP contribution in [0.5, 0.6) is 0 Å². The van der Waals surface area contributed by atoms with Crippen LogP contribution in [0.2, 0.25) is 0 Å². The molecule has 0 saturated carbocycles. The summed E-state index contributed by atoms with van der Waals surface area (Å²) in [7, 11) is 0.890. The zero-order chi connectivity index (χ0) is 12.5. The summed E-state index contributed by atoms with van der Waals surface area (Å²) in [5, 5.41) is -0.345. The molecule has 0 radical (unpaired) electrons. The van der Waals surface area contributed by atoms with Gasteiger partial charge in [0.25, 0.3) is 7.52 Å². The third-order valence-electron chi connectivity index (χ3n) is 2.05. The normalized spacial score (nSPS) is 17.9. The molecule has 0 aliphatic rings. The van der Waals surface area contributed by atoms with Crippen molar-refractivity contribution in [2.45, 2.75) is 46.7 Å². The van der Waals surface area contributed by atoms with E-state index in [1.807, 2.05) is 34.9 Å². The first kappa shape index (κ1) is 15.2. The van der Waals surface area contributed by atoms with E-state index in [1.165, 1.54) is 0 Å². The van der Waals surface area contributed by atoms with Crippen LogP contribution in [0, 0.1) is 5.41 Å². The number of hydrogen-bond acceptors (Lipinski definition) is 2. The average Bonchev–Trinajstić information content (AvgIpc) is 1.95. The molecular weight excluding hydrogens is 209 g/mol. The molecule has 0 aliphatic carbocycles. The molecule has 0 spiro atoms. The van der Waals surface area contributed by atoms with Crippen LogP contribution in [0.15, 0.2) is 0 Å². The molecule has 1 atom stereocenters. The Kier molecular flexibility index (Phi) is 4.61. The predicted octanol–water partition coefficient (Wildman–Crippen LogP) is 3.60. The summed E-state index contributed by atoms with van der Waals surface area (Å²) in [4.78, 5) is 0. The van der Waals surface area contributed by atoms with Crippen molar-refractivity contribution in [3.8, 4) is 0 Å². The van der Waals surface area contributed by atoms with Gasteiger partial charge >= 0.3 is 0 Å². The second-order valence-electron chi connectivity index (χ2n) is 6.37. The van der Waals surface area contributed by atoms with Gasteiger partial charge in [-0.1, -0.05) is 20.8 Å². The molecule has 15 heavy (non-hydrogen) atoms. The molecular formula is C11H26NO2P. The van der Waals surface area contributed by atoms with Crippen molar-refractivity contribution in [1.82, 2.24) is 4.67 Å². The molecule has 0 amide bonds. The molecule has 0 bridgehead atoms. The molecule has 0 fully saturated rings. The fraction of sp³-hybridized carbons (Fsp3) is 1.00. The van der Waals surface area contributed by atoms with Crippen molar-refractivity contribution >= 4 is 7.52 Å². The average molecular weight is 235 g/mol. The lowest BCUT2D eigenvalue weighted by molar-refractivity contribution is 0.177. The van der Waals surface area contributed by atoms with Gasteiger partial charge in [0, 0.05) is 0 Å². The Morgan fingerprint density at radius 3 is 1.67 bits per heavy atom. The maximum absolute atomic E-state index is 12.7. The second-order valence-corrected chi connectivity index (χ2v) is 9.81. The molecule has 0 aromatic heterocycles. The predicted molar refractivity (Wildman–Crippen MR) is 66.5 cm³/mol. The largest absolute Gasteiger partial charge is 0.317 e. The summed E-state index contributed by atoms with van der Waals surface area (Å²) < 4.78 is 20.1. The van der Waals surface area contributed by atoms with E-state index in [-0.39, 0.29) is 10.6 Å². The highest BCUT2D eigenvalue weighted by atomic mass is 31.2. The summed E-state index contributed by atoms with van der Waals surface area (Å²) in [6.07, 6.45) is 0. The third kappa shape index (κ3) is 4.26. The van der Waals surface area contributed by atoms with Crippen molar-refractivity contribution in [3.05, 3.63) is 0 Å². The number of nitrogens with zero attached hydrogens (tertiary/aromatic N) is 1. The molecule has 4 heteroatoms. The van der Waals surface area contributed by atoms with E-state index in [2.05, 4.69) is 20.8 Å². The van der Waals surface area contributed by atoms with Gasteiger partial charge in [0.15, 0.2) is 0 Å². The lowest BCUT2D eigenvalue weighted by Crippen LogP contribution is -2.29. The van der Waals surface area contributed by atoms with E-state index in [4.69, 9.17) is 4.52 Å². The lowest BCUT2D eigenvalue weighted by atomic mass is 9.99. The number of hydrogen-bond donors (Lipinski definition) is 0. The molecule has 1 unspecified atom stereocenters. The van der Waals surface area contributed by atoms with Gasteiger partial charge < -0.3 is 4.52 Å². The maximum atomic E-state index is 12.7. The second kappa shape index (κ2) is 4.57. The van der Waals surface area contributed by atoms with Gasteiger partial charge in [-0.3, -0.25) is 4.57 Å². The van der Waals surface area contributed by atoms with Crippen LogP contribution >= 0.6 is 7.52 Å². The first-order chi connectivity index (χ1) is 6.40. The van der Waals surface area contributed by atoms with E-state index in [0.29, 0.717) is 6.61 Å². The number of rotatable bonds is 3. The minimum absolute atomic E-state index is 0.0386. The minimum atomic E-state index is -2.74. The van der Waals surface area contributed by atoms with Crippen LogP contribution in [-0.2, 0) is 9.09 Å². The van der Waals surface area contributed by atoms with Crippen molar-refractivity contribution in [2.75, 3.05) is 20.7 Å². The van der Waals surface area contributed by atoms with Crippen molar-refractivity contribution in [3.63, 3.8) is 0 Å². The highest BCUT2D eigenvalue weighted by Gasteiger charge is 2.41. The summed E-state index contributed by atoms with van der Waals surface area (Å²) in [5.74, 6) is 0. The summed E-state index contributed by atoms with van der Waals surface area (Å²) in [5.41, 5.74) is 0.0386. The topological polar surface area (TPSA) is 29.5 Å². The van der Waals surface area contributed by atoms with Crippen LogP contribution in [0.1, 0.15) is 41.5 Å². The van der Waals surface area contributed by atoms with Gasteiger partial charge in [-0.2, -0.15) is 0 Å². The fourth-order valence-electron chi connectivity index (χ4n) is 1.19. The van der Waals surface area contributed by atoms with E-state index in [9.17, 15) is 4.57 Å². The van der Waals surface area contributed by atoms with Crippen molar-refractivity contribution in [2.24, 2.45) is 5.41 Å². The molecule has 0 saturated heterocycles. The fourth-order valence-corrected chi connectivity index (χ4v) is 3.57. The Morgan fingerprint density at radius 2 is 1.47 bits per heavy atom. The highest BCUT2D eigenvalue weighted by molar-refractivity contribution is 7.58. The Bertz CT molecular complexity index is 248. The monoisotopic (exact) mass is 235 g/mol. The third-order valence-corrected chi connectivity index (χ3v) is 5.27. The minimum Gasteiger partial charge on any atom is -0.317 e. The van der Waals surface area contributed by atoms with E-state index < -0.39 is 7.52 Å². The first-order valence-corrected chi connectivity index (χ1v) is 6.90. The molecule has 0 heterocycles. The van der Waals surface area contributed by atoms with Gasteiger partial charge in [0.05, 0.1) is 11.8 Å². The van der Waals surface area contributed by atoms with Crippen LogP contribution < -0.4 is 0 Å². The Hall–Kier alpha value is 0.150. The Balaban J connectivity index is 4.79. The molecule has 0 aliphatic heterocycles. The SMILES string of the molecule is CN(C)P(=O)(OCC(C)(C)C)C(C)(C)C. The van der Waals surface area contributed by atoms with Crippen LogP contribution in [0.3, 0.4) is 0 Å². The van der Waals surface area contributed by atoms with E-state index in [0.717, 1.165) is 0 Å². The molecule has 0 N–H and O–H groups in total. The summed E-state index contributed by atoms with van der Waals surface area (Å²) in [6, 6.07) is 0. The zero-order valence-corrected chi connectivity index (χ0v) is 12.3. The molecule has 0 aromatic rings. The summed E-state index contributed by atoms with van der Waals surface area (Å²) in [6.45, 7) is 12.6. The lowest BCUT2D eigenvalue weighted by Gasteiger charge is -2.36. The van der Waals surface area contributed by atoms with Crippen LogP contribution in [0.4, 0.5) is 0 Å². The van der Waals surface area contributed by atoms with Gasteiger partial charge in [-0.25, -0.2) is 4.67 Å². The van der Waals surface area contributed by atoms with E-state index >= 15 is 0 Å². The van der Waals surface area contributed by atoms with Gasteiger partial charge in [-0.15, -0.1) is 0 Å². The standard InChI is InChI=1S/C11H26NO2P/c1-10(2,3)9-14-15(13,12(7)8)11(4,5)6/h9H2,1-8H3. The molecule has 92 valence electrons. The smallest absolute Gasteiger partial charge is 0.277 e. The molecule has 0 aromatic carbocycles. The molecule has 0 rings (SSSR count). The maximum Gasteiger partial charge on any atom is 0.277 e. The summed E-state index contributed by atoms with van der Waals surface area (Å²) >= 11 is 0. The van der Waals surface area contributed by atoms with Gasteiger partial charge in [-0.05, 0) is 40.3 Å². The Morgan fingerprint density at radius 1 is 1.07 bits per heavy atom. The van der Waals surface area contributed by atoms with Crippen molar-refractivity contribution in [1.29, 1.82) is 0 Å². The first-order valence-electron chi connectivity index (χ1n) is 5.33. The zero-order valence-electron chi connectivity index (χ0n) is 11.4. The highest BCUT2D eigenvalue weighted by Crippen LogP contribution is 2.60. The van der Waals surface area contributed by atoms with Gasteiger partial charge in [0.1, 0.15) is 0 Å². The van der Waals surface area contributed by atoms with Gasteiger partial charge in [0.2, 0.25) is 0 Å². The van der Waals surface area contributed by atoms with E-state index in [1.54, 1.807) is 4.67 Å². The quantitative estimate of drug-likeness (QED) is 0.700.